The Hall–Kier alpha value is -3.19. The third-order valence-electron chi connectivity index (χ3n) is 6.47. The van der Waals surface area contributed by atoms with Gasteiger partial charge in [-0.25, -0.2) is 0 Å². The van der Waals surface area contributed by atoms with E-state index in [0.29, 0.717) is 44.6 Å². The highest BCUT2D eigenvalue weighted by Gasteiger charge is 2.23. The molecule has 2 aromatic carbocycles. The summed E-state index contributed by atoms with van der Waals surface area (Å²) in [5, 5.41) is 6.35. The van der Waals surface area contributed by atoms with Crippen molar-refractivity contribution < 1.29 is 23.9 Å². The summed E-state index contributed by atoms with van der Waals surface area (Å²) in [6.07, 6.45) is 2.73. The lowest BCUT2D eigenvalue weighted by Gasteiger charge is -2.18. The van der Waals surface area contributed by atoms with Gasteiger partial charge in [0, 0.05) is 30.6 Å². The molecular weight excluding hydrogens is 576 g/mol. The normalized spacial score (nSPS) is 12.1. The van der Waals surface area contributed by atoms with E-state index in [2.05, 4.69) is 97.2 Å². The van der Waals surface area contributed by atoms with Crippen LogP contribution in [-0.4, -0.2) is 37.4 Å². The Morgan fingerprint density at radius 2 is 1.09 bits per heavy atom. The molecule has 0 radical (unpaired) electrons. The fourth-order valence-electron chi connectivity index (χ4n) is 4.36. The molecule has 258 valence electrons. The van der Waals surface area contributed by atoms with Crippen molar-refractivity contribution in [2.75, 3.05) is 30.5 Å². The predicted molar refractivity (Wildman–Crippen MR) is 191 cm³/mol. The second-order valence-corrected chi connectivity index (χ2v) is 16.8. The molecule has 0 heterocycles. The van der Waals surface area contributed by atoms with Crippen molar-refractivity contribution in [2.45, 2.75) is 115 Å². The van der Waals surface area contributed by atoms with Crippen LogP contribution in [0.4, 0.5) is 11.4 Å². The molecule has 2 rings (SSSR count). The highest BCUT2D eigenvalue weighted by Crippen LogP contribution is 2.23. The topological polar surface area (TPSA) is 93.7 Å². The van der Waals surface area contributed by atoms with Crippen molar-refractivity contribution in [1.29, 1.82) is 0 Å². The molecule has 0 aliphatic heterocycles. The predicted octanol–water partition coefficient (Wildman–Crippen LogP) is 9.25. The molecule has 0 atom stereocenters. The van der Waals surface area contributed by atoms with Gasteiger partial charge in [0.1, 0.15) is 19.1 Å². The van der Waals surface area contributed by atoms with Crippen LogP contribution >= 0.6 is 0 Å². The molecule has 2 N–H and O–H groups in total. The Balaban J connectivity index is 0.000000460. The highest BCUT2D eigenvalue weighted by atomic mass is 16.5. The summed E-state index contributed by atoms with van der Waals surface area (Å²) in [4.78, 5) is 35.3. The lowest BCUT2D eigenvalue weighted by molar-refractivity contribution is -0.154. The number of carbonyl (C=O) groups excluding carboxylic acids is 3. The van der Waals surface area contributed by atoms with E-state index in [4.69, 9.17) is 9.47 Å². The zero-order valence-electron chi connectivity index (χ0n) is 30.8. The maximum Gasteiger partial charge on any atom is 0.311 e. The molecular formula is C39H62N2O5. The van der Waals surface area contributed by atoms with Gasteiger partial charge in [-0.1, -0.05) is 86.6 Å². The van der Waals surface area contributed by atoms with Crippen molar-refractivity contribution in [3.63, 3.8) is 0 Å². The number of esters is 1. The summed E-state index contributed by atoms with van der Waals surface area (Å²) in [5.41, 5.74) is 4.09. The molecule has 0 unspecified atom stereocenters. The van der Waals surface area contributed by atoms with E-state index >= 15 is 0 Å². The third kappa shape index (κ3) is 20.8. The van der Waals surface area contributed by atoms with E-state index < -0.39 is 5.41 Å². The van der Waals surface area contributed by atoms with Crippen LogP contribution in [-0.2, 0) is 36.9 Å². The van der Waals surface area contributed by atoms with Crippen molar-refractivity contribution in [2.24, 2.45) is 21.7 Å². The molecule has 7 heteroatoms. The Morgan fingerprint density at radius 1 is 0.609 bits per heavy atom. The van der Waals surface area contributed by atoms with Crippen LogP contribution in [0.1, 0.15) is 113 Å². The van der Waals surface area contributed by atoms with Crippen LogP contribution in [0.2, 0.25) is 0 Å². The summed E-state index contributed by atoms with van der Waals surface area (Å²) in [6, 6.07) is 16.0. The summed E-state index contributed by atoms with van der Waals surface area (Å²) < 4.78 is 10.8. The minimum Gasteiger partial charge on any atom is -0.460 e. The summed E-state index contributed by atoms with van der Waals surface area (Å²) in [5.74, 6) is 0.247. The lowest BCUT2D eigenvalue weighted by atomic mass is 9.88. The number of Topliss-reactive ketones (excluding diaryl/α,β-unsaturated/α-hetero) is 2. The zero-order valence-corrected chi connectivity index (χ0v) is 30.8. The number of nitrogens with one attached hydrogen (secondary N) is 2. The fourth-order valence-corrected chi connectivity index (χ4v) is 4.36. The molecule has 0 bridgehead atoms. The molecule has 2 aromatic rings. The van der Waals surface area contributed by atoms with Crippen molar-refractivity contribution in [1.82, 2.24) is 0 Å². The van der Waals surface area contributed by atoms with Gasteiger partial charge in [-0.3, -0.25) is 14.4 Å². The quantitative estimate of drug-likeness (QED) is 0.121. The monoisotopic (exact) mass is 638 g/mol. The van der Waals surface area contributed by atoms with E-state index in [1.165, 1.54) is 5.56 Å². The smallest absolute Gasteiger partial charge is 0.311 e. The summed E-state index contributed by atoms with van der Waals surface area (Å²) in [7, 11) is 0. The SMILES string of the molecule is CC(C)(C)CC(=O)CCOCNc1ccc(CC(C)(C)C)cc1.CC(C)(C)CC(=O)CNc1ccc(COC(=O)C(C)(C)C)cc1. The minimum atomic E-state index is -0.491. The van der Waals surface area contributed by atoms with Crippen LogP contribution in [0.25, 0.3) is 0 Å². The van der Waals surface area contributed by atoms with Crippen LogP contribution in [0.3, 0.4) is 0 Å². The average Bonchev–Trinajstić information content (AvgIpc) is 2.89. The number of hydrogen-bond acceptors (Lipinski definition) is 7. The first-order valence-electron chi connectivity index (χ1n) is 16.5. The first kappa shape index (κ1) is 40.8. The molecule has 46 heavy (non-hydrogen) atoms. The number of ether oxygens (including phenoxy) is 2. The number of benzene rings is 2. The zero-order chi connectivity index (χ0) is 35.2. The molecule has 0 aliphatic carbocycles. The van der Waals surface area contributed by atoms with E-state index in [1.54, 1.807) is 0 Å². The van der Waals surface area contributed by atoms with E-state index in [1.807, 2.05) is 45.0 Å². The number of ketones is 2. The Morgan fingerprint density at radius 3 is 1.57 bits per heavy atom. The van der Waals surface area contributed by atoms with Crippen LogP contribution in [0, 0.1) is 21.7 Å². The van der Waals surface area contributed by atoms with E-state index in [-0.39, 0.29) is 35.0 Å². The van der Waals surface area contributed by atoms with Gasteiger partial charge in [-0.05, 0) is 78.8 Å². The maximum absolute atomic E-state index is 11.9. The van der Waals surface area contributed by atoms with Gasteiger partial charge in [0.2, 0.25) is 0 Å². The second-order valence-electron chi connectivity index (χ2n) is 16.8. The van der Waals surface area contributed by atoms with Crippen LogP contribution < -0.4 is 10.6 Å². The third-order valence-corrected chi connectivity index (χ3v) is 6.47. The van der Waals surface area contributed by atoms with Crippen molar-refractivity contribution in [3.05, 3.63) is 59.7 Å². The fraction of sp³-hybridized carbons (Fsp3) is 0.615. The van der Waals surface area contributed by atoms with Crippen LogP contribution in [0.15, 0.2) is 48.5 Å². The Labute approximate surface area is 279 Å². The van der Waals surface area contributed by atoms with Gasteiger partial charge in [-0.2, -0.15) is 0 Å². The molecule has 0 aromatic heterocycles. The number of hydrogen-bond donors (Lipinski definition) is 2. The van der Waals surface area contributed by atoms with Crippen LogP contribution in [0.5, 0.6) is 0 Å². The maximum atomic E-state index is 11.9. The van der Waals surface area contributed by atoms with E-state index in [9.17, 15) is 14.4 Å². The van der Waals surface area contributed by atoms with Crippen molar-refractivity contribution in [3.8, 4) is 0 Å². The highest BCUT2D eigenvalue weighted by molar-refractivity contribution is 5.83. The molecule has 0 fully saturated rings. The van der Waals surface area contributed by atoms with Gasteiger partial charge < -0.3 is 20.1 Å². The average molecular weight is 639 g/mol. The van der Waals surface area contributed by atoms with Gasteiger partial charge in [0.05, 0.1) is 18.6 Å². The number of rotatable bonds is 14. The number of anilines is 2. The van der Waals surface area contributed by atoms with Crippen molar-refractivity contribution >= 4 is 28.9 Å². The minimum absolute atomic E-state index is 0.0134. The first-order chi connectivity index (χ1) is 21.0. The van der Waals surface area contributed by atoms with Gasteiger partial charge >= 0.3 is 5.97 Å². The summed E-state index contributed by atoms with van der Waals surface area (Å²) >= 11 is 0. The Bertz CT molecular complexity index is 1210. The molecule has 0 aliphatic rings. The number of carbonyl (C=O) groups is 3. The van der Waals surface area contributed by atoms with Gasteiger partial charge in [0.25, 0.3) is 0 Å². The Kier molecular flexibility index (Phi) is 16.2. The van der Waals surface area contributed by atoms with Gasteiger partial charge in [0.15, 0.2) is 5.78 Å². The second kappa shape index (κ2) is 18.2. The molecule has 0 saturated carbocycles. The first-order valence-corrected chi connectivity index (χ1v) is 16.5. The summed E-state index contributed by atoms with van der Waals surface area (Å²) in [6.45, 7) is 26.1. The lowest BCUT2D eigenvalue weighted by Crippen LogP contribution is -2.22. The molecule has 7 nitrogen and oxygen atoms in total. The van der Waals surface area contributed by atoms with E-state index in [0.717, 1.165) is 23.4 Å². The molecule has 0 amide bonds. The molecule has 0 saturated heterocycles. The molecule has 0 spiro atoms. The standard InChI is InChI=1S/C20H33NO2.C19H29NO3/c1-19(2,3)13-16-7-9-17(10-8-16)21-15-23-12-11-18(22)14-20(4,5)6;1-18(2,3)11-16(21)12-20-15-9-7-14(8-10-15)13-23-17(22)19(4,5)6/h7-10,21H,11-15H2,1-6H3;7-10,20H,11-13H2,1-6H3. The largest absolute Gasteiger partial charge is 0.460 e. The van der Waals surface area contributed by atoms with Gasteiger partial charge in [-0.15, -0.1) is 0 Å².